The molecule has 1 aromatic rings. The smallest absolute Gasteiger partial charge is 0.253 e. The number of thiocarbonyl (C=S) groups is 1. The molecule has 1 atom stereocenters. The molecule has 1 fully saturated rings. The Labute approximate surface area is 154 Å². The van der Waals surface area contributed by atoms with Crippen molar-refractivity contribution in [2.24, 2.45) is 0 Å². The molecule has 1 aromatic carbocycles. The average Bonchev–Trinajstić information content (AvgIpc) is 3.33. The number of hydrogen-bond donors (Lipinski definition) is 1. The summed E-state index contributed by atoms with van der Waals surface area (Å²) in [6.45, 7) is 1.89. The summed E-state index contributed by atoms with van der Waals surface area (Å²) in [4.78, 5) is 16.3. The van der Waals surface area contributed by atoms with Crippen LogP contribution in [0.5, 0.6) is 0 Å². The zero-order chi connectivity index (χ0) is 17.6. The summed E-state index contributed by atoms with van der Waals surface area (Å²) < 4.78 is 15.2. The highest BCUT2D eigenvalue weighted by atomic mass is 79.9. The maximum atomic E-state index is 14.4. The minimum atomic E-state index is -0.597. The molecule has 7 heteroatoms. The van der Waals surface area contributed by atoms with Crippen LogP contribution in [0.25, 0.3) is 0 Å². The normalized spacial score (nSPS) is 21.0. The second-order valence-electron chi connectivity index (χ2n) is 6.35. The van der Waals surface area contributed by atoms with Crippen LogP contribution in [0.2, 0.25) is 0 Å². The number of likely N-dealkylation sites (N-methyl/N-ethyl adjacent to an activating group) is 1. The van der Waals surface area contributed by atoms with Crippen molar-refractivity contribution in [1.82, 2.24) is 15.1 Å². The van der Waals surface area contributed by atoms with Gasteiger partial charge in [-0.15, -0.1) is 0 Å². The summed E-state index contributed by atoms with van der Waals surface area (Å²) in [5.74, 6) is -0.507. The first-order valence-corrected chi connectivity index (χ1v) is 8.98. The van der Waals surface area contributed by atoms with Gasteiger partial charge in [-0.05, 0) is 50.2 Å². The van der Waals surface area contributed by atoms with Crippen molar-refractivity contribution in [2.75, 3.05) is 14.1 Å². The Hall–Kier alpha value is -1.47. The molecule has 0 aromatic heterocycles. The molecule has 1 unspecified atom stereocenters. The highest BCUT2D eigenvalue weighted by molar-refractivity contribution is 9.10. The predicted molar refractivity (Wildman–Crippen MR) is 98.8 cm³/mol. The lowest BCUT2D eigenvalue weighted by Crippen LogP contribution is -2.50. The molecule has 24 heavy (non-hydrogen) atoms. The van der Waals surface area contributed by atoms with Gasteiger partial charge in [0, 0.05) is 35.9 Å². The second-order valence-corrected chi connectivity index (χ2v) is 7.65. The van der Waals surface area contributed by atoms with E-state index in [9.17, 15) is 9.18 Å². The number of carbonyl (C=O) groups is 1. The Balaban J connectivity index is 2.14. The number of allylic oxidation sites excluding steroid dienone is 1. The van der Waals surface area contributed by atoms with E-state index in [1.807, 2.05) is 11.8 Å². The third-order valence-corrected chi connectivity index (χ3v) is 5.15. The number of nitrogens with zero attached hydrogens (tertiary/aromatic N) is 2. The molecule has 1 N–H and O–H groups in total. The fourth-order valence-corrected chi connectivity index (χ4v) is 3.80. The molecule has 0 bridgehead atoms. The number of rotatable bonds is 3. The molecular weight excluding hydrogens is 393 g/mol. The van der Waals surface area contributed by atoms with Crippen LogP contribution in [-0.4, -0.2) is 41.0 Å². The van der Waals surface area contributed by atoms with Crippen LogP contribution in [0.4, 0.5) is 4.39 Å². The van der Waals surface area contributed by atoms with Gasteiger partial charge in [0.05, 0.1) is 11.6 Å². The molecule has 4 nitrogen and oxygen atoms in total. The quantitative estimate of drug-likeness (QED) is 0.773. The van der Waals surface area contributed by atoms with Crippen molar-refractivity contribution in [3.63, 3.8) is 0 Å². The van der Waals surface area contributed by atoms with E-state index in [0.29, 0.717) is 22.3 Å². The molecule has 2 aliphatic rings. The average molecular weight is 412 g/mol. The van der Waals surface area contributed by atoms with Crippen molar-refractivity contribution in [2.45, 2.75) is 31.8 Å². The van der Waals surface area contributed by atoms with Crippen LogP contribution in [0.3, 0.4) is 0 Å². The summed E-state index contributed by atoms with van der Waals surface area (Å²) in [7, 11) is 3.40. The maximum Gasteiger partial charge on any atom is 0.253 e. The van der Waals surface area contributed by atoms with Crippen LogP contribution < -0.4 is 5.32 Å². The monoisotopic (exact) mass is 411 g/mol. The van der Waals surface area contributed by atoms with E-state index in [0.717, 1.165) is 23.0 Å². The molecule has 1 amide bonds. The van der Waals surface area contributed by atoms with Gasteiger partial charge in [0.15, 0.2) is 5.11 Å². The molecule has 0 radical (unpaired) electrons. The lowest BCUT2D eigenvalue weighted by atomic mass is 9.93. The summed E-state index contributed by atoms with van der Waals surface area (Å²) >= 11 is 8.88. The van der Waals surface area contributed by atoms with Crippen molar-refractivity contribution in [1.29, 1.82) is 0 Å². The van der Waals surface area contributed by atoms with Gasteiger partial charge in [0.25, 0.3) is 5.91 Å². The van der Waals surface area contributed by atoms with Gasteiger partial charge >= 0.3 is 0 Å². The topological polar surface area (TPSA) is 35.6 Å². The van der Waals surface area contributed by atoms with E-state index < -0.39 is 6.04 Å². The fourth-order valence-electron chi connectivity index (χ4n) is 3.02. The Kier molecular flexibility index (Phi) is 4.66. The number of benzene rings is 1. The number of amides is 1. The van der Waals surface area contributed by atoms with E-state index in [4.69, 9.17) is 12.2 Å². The molecule has 128 valence electrons. The Morgan fingerprint density at radius 2 is 2.08 bits per heavy atom. The first kappa shape index (κ1) is 17.4. The molecule has 1 saturated carbocycles. The zero-order valence-electron chi connectivity index (χ0n) is 13.8. The van der Waals surface area contributed by atoms with Crippen molar-refractivity contribution >= 4 is 39.2 Å². The number of carbonyl (C=O) groups excluding carboxylic acids is 1. The SMILES string of the molecule is CC1=C(C(=O)N(C)C)C(c2cc(Br)ccc2F)NC(=S)N1C1CC1. The van der Waals surface area contributed by atoms with Gasteiger partial charge in [0.2, 0.25) is 0 Å². The zero-order valence-corrected chi connectivity index (χ0v) is 16.2. The van der Waals surface area contributed by atoms with Crippen LogP contribution in [0.15, 0.2) is 33.9 Å². The fraction of sp³-hybridized carbons (Fsp3) is 0.412. The molecular formula is C17H19BrFN3OS. The van der Waals surface area contributed by atoms with E-state index >= 15 is 0 Å². The first-order valence-electron chi connectivity index (χ1n) is 7.78. The highest BCUT2D eigenvalue weighted by Crippen LogP contribution is 2.39. The lowest BCUT2D eigenvalue weighted by Gasteiger charge is -2.38. The molecule has 1 aliphatic heterocycles. The second kappa shape index (κ2) is 6.44. The van der Waals surface area contributed by atoms with Crippen LogP contribution in [0.1, 0.15) is 31.4 Å². The molecule has 1 heterocycles. The van der Waals surface area contributed by atoms with E-state index in [1.165, 1.54) is 11.0 Å². The highest BCUT2D eigenvalue weighted by Gasteiger charge is 2.41. The van der Waals surface area contributed by atoms with Gasteiger partial charge in [0.1, 0.15) is 5.82 Å². The predicted octanol–water partition coefficient (Wildman–Crippen LogP) is 3.34. The number of nitrogens with one attached hydrogen (secondary N) is 1. The third kappa shape index (κ3) is 3.07. The van der Waals surface area contributed by atoms with Crippen molar-refractivity contribution in [3.05, 3.63) is 45.3 Å². The van der Waals surface area contributed by atoms with E-state index in [-0.39, 0.29) is 11.7 Å². The Bertz CT molecular complexity index is 745. The van der Waals surface area contributed by atoms with Gasteiger partial charge in [-0.1, -0.05) is 15.9 Å². The largest absolute Gasteiger partial charge is 0.351 e. The van der Waals surface area contributed by atoms with E-state index in [1.54, 1.807) is 26.2 Å². The number of hydrogen-bond acceptors (Lipinski definition) is 2. The molecule has 0 spiro atoms. The van der Waals surface area contributed by atoms with Gasteiger partial charge in [-0.2, -0.15) is 0 Å². The van der Waals surface area contributed by atoms with Crippen LogP contribution >= 0.6 is 28.1 Å². The summed E-state index contributed by atoms with van der Waals surface area (Å²) in [6, 6.07) is 4.46. The lowest BCUT2D eigenvalue weighted by molar-refractivity contribution is -0.125. The van der Waals surface area contributed by atoms with Crippen LogP contribution in [-0.2, 0) is 4.79 Å². The van der Waals surface area contributed by atoms with Crippen molar-refractivity contribution in [3.8, 4) is 0 Å². The third-order valence-electron chi connectivity index (χ3n) is 4.34. The first-order chi connectivity index (χ1) is 11.3. The number of halogens is 2. The Morgan fingerprint density at radius 1 is 1.42 bits per heavy atom. The summed E-state index contributed by atoms with van der Waals surface area (Å²) in [6.07, 6.45) is 2.11. The van der Waals surface area contributed by atoms with Crippen LogP contribution in [0, 0.1) is 5.82 Å². The summed E-state index contributed by atoms with van der Waals surface area (Å²) in [5.41, 5.74) is 1.76. The molecule has 1 aliphatic carbocycles. The molecule has 0 saturated heterocycles. The minimum Gasteiger partial charge on any atom is -0.351 e. The van der Waals surface area contributed by atoms with Crippen molar-refractivity contribution < 1.29 is 9.18 Å². The Morgan fingerprint density at radius 3 is 2.67 bits per heavy atom. The molecule has 3 rings (SSSR count). The van der Waals surface area contributed by atoms with E-state index in [2.05, 4.69) is 21.2 Å². The maximum absolute atomic E-state index is 14.4. The minimum absolute atomic E-state index is 0.141. The van der Waals surface area contributed by atoms with Gasteiger partial charge in [-0.3, -0.25) is 4.79 Å². The standard InChI is InChI=1S/C17H19BrFN3OS/c1-9-14(16(23)21(2)3)15(12-8-10(18)4-7-13(12)19)20-17(24)22(9)11-5-6-11/h4,7-8,11,15H,5-6H2,1-3H3,(H,20,24). The summed E-state index contributed by atoms with van der Waals surface area (Å²) in [5, 5.41) is 3.73. The van der Waals surface area contributed by atoms with Gasteiger partial charge in [-0.25, -0.2) is 4.39 Å². The van der Waals surface area contributed by atoms with Gasteiger partial charge < -0.3 is 15.1 Å².